The number of fused-ring (bicyclic) bond motifs is 3. The summed E-state index contributed by atoms with van der Waals surface area (Å²) in [5.74, 6) is 0.279. The number of rotatable bonds is 3. The second-order valence-electron chi connectivity index (χ2n) is 8.92. The van der Waals surface area contributed by atoms with Gasteiger partial charge in [0, 0.05) is 16.5 Å². The van der Waals surface area contributed by atoms with E-state index in [-0.39, 0.29) is 5.75 Å². The van der Waals surface area contributed by atoms with E-state index >= 15 is 0 Å². The van der Waals surface area contributed by atoms with E-state index in [0.29, 0.717) is 0 Å². The molecule has 2 heteroatoms. The van der Waals surface area contributed by atoms with Gasteiger partial charge in [0.05, 0.1) is 11.0 Å². The van der Waals surface area contributed by atoms with E-state index in [1.807, 2.05) is 18.2 Å². The first-order valence-electron chi connectivity index (χ1n) is 11.6. The van der Waals surface area contributed by atoms with Crippen molar-refractivity contribution in [2.75, 3.05) is 0 Å². The van der Waals surface area contributed by atoms with Gasteiger partial charge in [0.15, 0.2) is 0 Å². The Kier molecular flexibility index (Phi) is 4.74. The zero-order valence-electron chi connectivity index (χ0n) is 19.3. The van der Waals surface area contributed by atoms with Crippen LogP contribution in [0.15, 0.2) is 109 Å². The maximum Gasteiger partial charge on any atom is 0.116 e. The minimum absolute atomic E-state index is 0.279. The van der Waals surface area contributed by atoms with Crippen LogP contribution < -0.4 is 0 Å². The lowest BCUT2D eigenvalue weighted by Gasteiger charge is -2.16. The van der Waals surface area contributed by atoms with Crippen molar-refractivity contribution in [1.29, 1.82) is 0 Å². The molecule has 0 aliphatic carbocycles. The first-order valence-corrected chi connectivity index (χ1v) is 11.6. The van der Waals surface area contributed by atoms with Crippen molar-refractivity contribution in [3.05, 3.63) is 120 Å². The summed E-state index contributed by atoms with van der Waals surface area (Å²) >= 11 is 0. The molecule has 1 aromatic heterocycles. The minimum Gasteiger partial charge on any atom is -0.508 e. The molecule has 0 atom stereocenters. The van der Waals surface area contributed by atoms with Crippen molar-refractivity contribution in [2.24, 2.45) is 0 Å². The predicted molar refractivity (Wildman–Crippen MR) is 143 cm³/mol. The molecule has 1 heterocycles. The third kappa shape index (κ3) is 3.19. The van der Waals surface area contributed by atoms with E-state index in [1.54, 1.807) is 6.07 Å². The van der Waals surface area contributed by atoms with Gasteiger partial charge in [-0.25, -0.2) is 0 Å². The number of nitrogens with zero attached hydrogens (tertiary/aromatic N) is 1. The lowest BCUT2D eigenvalue weighted by Crippen LogP contribution is -1.93. The zero-order chi connectivity index (χ0) is 23.2. The quantitative estimate of drug-likeness (QED) is 0.294. The number of para-hydroxylation sites is 1. The fourth-order valence-electron chi connectivity index (χ4n) is 5.15. The highest BCUT2D eigenvalue weighted by Gasteiger charge is 2.16. The lowest BCUT2D eigenvalue weighted by atomic mass is 9.88. The Morgan fingerprint density at radius 2 is 1.21 bits per heavy atom. The highest BCUT2D eigenvalue weighted by Crippen LogP contribution is 2.40. The topological polar surface area (TPSA) is 25.2 Å². The average Bonchev–Trinajstić information content (AvgIpc) is 3.18. The van der Waals surface area contributed by atoms with Gasteiger partial charge in [-0.1, -0.05) is 66.7 Å². The van der Waals surface area contributed by atoms with E-state index in [4.69, 9.17) is 0 Å². The molecule has 2 nitrogen and oxygen atoms in total. The van der Waals surface area contributed by atoms with Gasteiger partial charge in [-0.3, -0.25) is 0 Å². The van der Waals surface area contributed by atoms with Crippen LogP contribution in [0.2, 0.25) is 0 Å². The lowest BCUT2D eigenvalue weighted by molar-refractivity contribution is 0.476. The van der Waals surface area contributed by atoms with Crippen molar-refractivity contribution >= 4 is 21.8 Å². The molecule has 0 aliphatic heterocycles. The molecule has 0 saturated heterocycles. The second kappa shape index (κ2) is 7.93. The molecule has 0 amide bonds. The van der Waals surface area contributed by atoms with Gasteiger partial charge in [0.1, 0.15) is 5.75 Å². The van der Waals surface area contributed by atoms with E-state index in [1.165, 1.54) is 33.4 Å². The van der Waals surface area contributed by atoms with Crippen molar-refractivity contribution in [2.45, 2.75) is 13.8 Å². The van der Waals surface area contributed by atoms with Gasteiger partial charge in [-0.2, -0.15) is 0 Å². The zero-order valence-corrected chi connectivity index (χ0v) is 19.3. The first-order chi connectivity index (χ1) is 16.6. The van der Waals surface area contributed by atoms with Gasteiger partial charge < -0.3 is 9.67 Å². The van der Waals surface area contributed by atoms with Gasteiger partial charge in [0.2, 0.25) is 0 Å². The maximum atomic E-state index is 10.3. The minimum atomic E-state index is 0.279. The summed E-state index contributed by atoms with van der Waals surface area (Å²) in [6, 6.07) is 37.8. The van der Waals surface area contributed by atoms with Gasteiger partial charge in [-0.15, -0.1) is 0 Å². The number of aromatic nitrogens is 1. The molecule has 0 aliphatic rings. The van der Waals surface area contributed by atoms with E-state index in [0.717, 1.165) is 27.5 Å². The molecule has 34 heavy (non-hydrogen) atoms. The number of phenolic OH excluding ortho intramolecular Hbond substituents is 1. The largest absolute Gasteiger partial charge is 0.508 e. The molecule has 164 valence electrons. The average molecular weight is 440 g/mol. The van der Waals surface area contributed by atoms with Crippen LogP contribution in [0.5, 0.6) is 5.75 Å². The van der Waals surface area contributed by atoms with Crippen LogP contribution in [-0.4, -0.2) is 9.67 Å². The van der Waals surface area contributed by atoms with Gasteiger partial charge in [-0.05, 0) is 89.7 Å². The summed E-state index contributed by atoms with van der Waals surface area (Å²) in [5, 5.41) is 12.5. The van der Waals surface area contributed by atoms with Crippen molar-refractivity contribution < 1.29 is 5.11 Å². The fraction of sp³-hybridized carbons (Fsp3) is 0.0625. The van der Waals surface area contributed by atoms with Crippen LogP contribution in [0.4, 0.5) is 0 Å². The van der Waals surface area contributed by atoms with Crippen LogP contribution in [0.3, 0.4) is 0 Å². The van der Waals surface area contributed by atoms with E-state index < -0.39 is 0 Å². The summed E-state index contributed by atoms with van der Waals surface area (Å²) in [6.07, 6.45) is 0. The third-order valence-electron chi connectivity index (χ3n) is 6.76. The molecule has 6 rings (SSSR count). The fourth-order valence-corrected chi connectivity index (χ4v) is 5.15. The van der Waals surface area contributed by atoms with Crippen LogP contribution in [0.25, 0.3) is 49.7 Å². The Balaban J connectivity index is 1.66. The third-order valence-corrected chi connectivity index (χ3v) is 6.76. The van der Waals surface area contributed by atoms with Crippen LogP contribution in [-0.2, 0) is 0 Å². The molecule has 6 aromatic rings. The smallest absolute Gasteiger partial charge is 0.116 e. The molecule has 5 aromatic carbocycles. The van der Waals surface area contributed by atoms with Gasteiger partial charge in [0.25, 0.3) is 0 Å². The Morgan fingerprint density at radius 3 is 2.00 bits per heavy atom. The Morgan fingerprint density at radius 1 is 0.559 bits per heavy atom. The number of benzene rings is 5. The highest BCUT2D eigenvalue weighted by molar-refractivity contribution is 6.11. The molecule has 0 saturated carbocycles. The van der Waals surface area contributed by atoms with Crippen LogP contribution in [0, 0.1) is 13.8 Å². The van der Waals surface area contributed by atoms with E-state index in [2.05, 4.69) is 103 Å². The monoisotopic (exact) mass is 439 g/mol. The highest BCUT2D eigenvalue weighted by atomic mass is 16.3. The Hall–Kier alpha value is -4.30. The summed E-state index contributed by atoms with van der Waals surface area (Å²) in [7, 11) is 0. The number of aryl methyl sites for hydroxylation is 2. The van der Waals surface area contributed by atoms with E-state index in [9.17, 15) is 5.11 Å². The molecular formula is C32H25NO. The molecule has 0 spiro atoms. The number of phenols is 1. The van der Waals surface area contributed by atoms with Crippen molar-refractivity contribution in [1.82, 2.24) is 4.57 Å². The van der Waals surface area contributed by atoms with Crippen molar-refractivity contribution in [3.63, 3.8) is 0 Å². The summed E-state index contributed by atoms with van der Waals surface area (Å²) < 4.78 is 2.27. The summed E-state index contributed by atoms with van der Waals surface area (Å²) in [5.41, 5.74) is 10.8. The second-order valence-corrected chi connectivity index (χ2v) is 8.92. The van der Waals surface area contributed by atoms with Gasteiger partial charge >= 0.3 is 0 Å². The molecule has 0 fully saturated rings. The van der Waals surface area contributed by atoms with Crippen LogP contribution in [0.1, 0.15) is 11.1 Å². The number of aromatic hydroxyl groups is 1. The Labute approximate surface area is 199 Å². The molecule has 0 bridgehead atoms. The number of hydrogen-bond donors (Lipinski definition) is 1. The molecule has 0 radical (unpaired) electrons. The normalized spacial score (nSPS) is 11.4. The van der Waals surface area contributed by atoms with Crippen LogP contribution >= 0.6 is 0 Å². The SMILES string of the molecule is Cc1ccccc1-c1c(C)cccc1-c1ccc2c(c1)c1cc(O)ccc1n2-c1ccccc1. The number of hydrogen-bond acceptors (Lipinski definition) is 1. The Bertz CT molecular complexity index is 1680. The first kappa shape index (κ1) is 20.3. The maximum absolute atomic E-state index is 10.3. The summed E-state index contributed by atoms with van der Waals surface area (Å²) in [4.78, 5) is 0. The molecular weight excluding hydrogens is 414 g/mol. The molecule has 0 unspecified atom stereocenters. The standard InChI is InChI=1S/C32H25NO/c1-21-9-6-7-13-26(21)32-22(2)10-8-14-27(32)23-15-17-30-28(19-23)29-20-25(34)16-18-31(29)33(30)24-11-4-3-5-12-24/h3-20,34H,1-2H3. The van der Waals surface area contributed by atoms with Crippen molar-refractivity contribution in [3.8, 4) is 33.7 Å². The summed E-state index contributed by atoms with van der Waals surface area (Å²) in [6.45, 7) is 4.36. The molecule has 1 N–H and O–H groups in total. The predicted octanol–water partition coefficient (Wildman–Crippen LogP) is 8.44.